The zero-order chi connectivity index (χ0) is 20.2. The van der Waals surface area contributed by atoms with E-state index in [0.717, 1.165) is 4.90 Å². The Kier molecular flexibility index (Phi) is 4.40. The topological polar surface area (TPSA) is 131 Å². The summed E-state index contributed by atoms with van der Waals surface area (Å²) in [6.45, 7) is 0.247. The monoisotopic (exact) mass is 406 g/mol. The lowest BCUT2D eigenvalue weighted by atomic mass is 9.76. The van der Waals surface area contributed by atoms with Gasteiger partial charge in [0.2, 0.25) is 23.6 Å². The van der Waals surface area contributed by atoms with Crippen molar-refractivity contribution in [2.75, 3.05) is 25.6 Å². The SMILES string of the molecule is COCCN1C(=O)C2C(CC(N)=O)NC3(C(=O)Nc4c(Cl)cccc43)C2C1=O. The van der Waals surface area contributed by atoms with Crippen LogP contribution in [0.25, 0.3) is 0 Å². The number of primary amides is 1. The van der Waals surface area contributed by atoms with Gasteiger partial charge in [-0.05, 0) is 6.07 Å². The highest BCUT2D eigenvalue weighted by Gasteiger charge is 2.70. The minimum atomic E-state index is -1.49. The van der Waals surface area contributed by atoms with Crippen molar-refractivity contribution in [2.24, 2.45) is 17.6 Å². The fourth-order valence-corrected chi connectivity index (χ4v) is 4.87. The van der Waals surface area contributed by atoms with Gasteiger partial charge in [-0.2, -0.15) is 0 Å². The number of rotatable bonds is 5. The lowest BCUT2D eigenvalue weighted by Crippen LogP contribution is -2.53. The van der Waals surface area contributed by atoms with Crippen molar-refractivity contribution < 1.29 is 23.9 Å². The zero-order valence-corrected chi connectivity index (χ0v) is 15.8. The number of hydrogen-bond donors (Lipinski definition) is 3. The molecule has 4 amide bonds. The molecule has 1 aromatic carbocycles. The van der Waals surface area contributed by atoms with Gasteiger partial charge in [-0.25, -0.2) is 0 Å². The average molecular weight is 407 g/mol. The number of para-hydroxylation sites is 1. The third-order valence-corrected chi connectivity index (χ3v) is 6.05. The smallest absolute Gasteiger partial charge is 0.250 e. The third kappa shape index (κ3) is 2.40. The van der Waals surface area contributed by atoms with E-state index in [1.165, 1.54) is 7.11 Å². The molecule has 3 aliphatic rings. The van der Waals surface area contributed by atoms with E-state index in [2.05, 4.69) is 10.6 Å². The summed E-state index contributed by atoms with van der Waals surface area (Å²) in [4.78, 5) is 52.0. The fraction of sp³-hybridized carbons (Fsp3) is 0.444. The molecule has 1 aromatic rings. The number of fused-ring (bicyclic) bond motifs is 4. The normalized spacial score (nSPS) is 30.7. The van der Waals surface area contributed by atoms with Crippen molar-refractivity contribution >= 4 is 40.9 Å². The van der Waals surface area contributed by atoms with Crippen LogP contribution in [0.3, 0.4) is 0 Å². The van der Waals surface area contributed by atoms with Crippen LogP contribution >= 0.6 is 11.6 Å². The van der Waals surface area contributed by atoms with Crippen LogP contribution in [0.2, 0.25) is 5.02 Å². The number of carbonyl (C=O) groups excluding carboxylic acids is 4. The first-order valence-corrected chi connectivity index (χ1v) is 9.21. The van der Waals surface area contributed by atoms with Crippen molar-refractivity contribution in [3.63, 3.8) is 0 Å². The van der Waals surface area contributed by atoms with Crippen LogP contribution in [-0.4, -0.2) is 54.8 Å². The van der Waals surface area contributed by atoms with Gasteiger partial charge < -0.3 is 15.8 Å². The Hall–Kier alpha value is -2.49. The van der Waals surface area contributed by atoms with Gasteiger partial charge in [-0.1, -0.05) is 23.7 Å². The largest absolute Gasteiger partial charge is 0.383 e. The van der Waals surface area contributed by atoms with Gasteiger partial charge in [-0.15, -0.1) is 0 Å². The minimum Gasteiger partial charge on any atom is -0.383 e. The number of halogens is 1. The van der Waals surface area contributed by atoms with Gasteiger partial charge in [0.05, 0.1) is 35.7 Å². The van der Waals surface area contributed by atoms with E-state index in [9.17, 15) is 19.2 Å². The van der Waals surface area contributed by atoms with Crippen molar-refractivity contribution in [3.8, 4) is 0 Å². The van der Waals surface area contributed by atoms with Crippen LogP contribution in [0.5, 0.6) is 0 Å². The van der Waals surface area contributed by atoms with Crippen molar-refractivity contribution in [3.05, 3.63) is 28.8 Å². The molecule has 2 saturated heterocycles. The summed E-state index contributed by atoms with van der Waals surface area (Å²) in [6, 6.07) is 4.23. The molecule has 10 heteroatoms. The summed E-state index contributed by atoms with van der Waals surface area (Å²) in [5.41, 5.74) is 4.76. The summed E-state index contributed by atoms with van der Waals surface area (Å²) in [5, 5.41) is 6.15. The molecule has 148 valence electrons. The first-order chi connectivity index (χ1) is 13.3. The Balaban J connectivity index is 1.85. The molecule has 0 aromatic heterocycles. The average Bonchev–Trinajstić information content (AvgIpc) is 3.20. The number of benzene rings is 1. The van der Waals surface area contributed by atoms with E-state index in [0.29, 0.717) is 16.3 Å². The predicted octanol–water partition coefficient (Wildman–Crippen LogP) is -0.418. The highest BCUT2D eigenvalue weighted by atomic mass is 35.5. The van der Waals surface area contributed by atoms with E-state index in [1.54, 1.807) is 18.2 Å². The molecule has 3 aliphatic heterocycles. The molecule has 0 aliphatic carbocycles. The number of nitrogens with one attached hydrogen (secondary N) is 2. The lowest BCUT2D eigenvalue weighted by molar-refractivity contribution is -0.143. The van der Waals surface area contributed by atoms with Gasteiger partial charge >= 0.3 is 0 Å². The highest BCUT2D eigenvalue weighted by Crippen LogP contribution is 2.54. The number of nitrogens with two attached hydrogens (primary N) is 1. The molecule has 0 saturated carbocycles. The molecule has 0 bridgehead atoms. The molecule has 4 rings (SSSR count). The number of anilines is 1. The molecule has 4 N–H and O–H groups in total. The maximum Gasteiger partial charge on any atom is 0.250 e. The lowest BCUT2D eigenvalue weighted by Gasteiger charge is -2.29. The molecule has 3 heterocycles. The molecular formula is C18H19ClN4O5. The second kappa shape index (κ2) is 6.54. The van der Waals surface area contributed by atoms with Crippen LogP contribution in [0.1, 0.15) is 12.0 Å². The predicted molar refractivity (Wildman–Crippen MR) is 98.1 cm³/mol. The molecular weight excluding hydrogens is 388 g/mol. The molecule has 2 fully saturated rings. The summed E-state index contributed by atoms with van der Waals surface area (Å²) < 4.78 is 4.99. The van der Waals surface area contributed by atoms with E-state index in [1.807, 2.05) is 0 Å². The summed E-state index contributed by atoms with van der Waals surface area (Å²) in [6.07, 6.45) is -0.177. The van der Waals surface area contributed by atoms with Crippen LogP contribution in [-0.2, 0) is 29.5 Å². The quantitative estimate of drug-likeness (QED) is 0.569. The van der Waals surface area contributed by atoms with E-state index >= 15 is 0 Å². The van der Waals surface area contributed by atoms with Gasteiger partial charge in [0.15, 0.2) is 0 Å². The summed E-state index contributed by atoms with van der Waals surface area (Å²) >= 11 is 6.23. The molecule has 4 unspecified atom stereocenters. The number of methoxy groups -OCH3 is 1. The maximum absolute atomic E-state index is 13.2. The van der Waals surface area contributed by atoms with E-state index in [4.69, 9.17) is 22.1 Å². The van der Waals surface area contributed by atoms with Crippen LogP contribution in [0.15, 0.2) is 18.2 Å². The van der Waals surface area contributed by atoms with Crippen LogP contribution in [0, 0.1) is 11.8 Å². The van der Waals surface area contributed by atoms with Gasteiger partial charge in [-0.3, -0.25) is 29.4 Å². The van der Waals surface area contributed by atoms with Crippen molar-refractivity contribution in [2.45, 2.75) is 18.0 Å². The van der Waals surface area contributed by atoms with E-state index in [-0.39, 0.29) is 19.6 Å². The van der Waals surface area contributed by atoms with Gasteiger partial charge in [0.1, 0.15) is 5.54 Å². The molecule has 9 nitrogen and oxygen atoms in total. The third-order valence-electron chi connectivity index (χ3n) is 5.73. The number of amides is 4. The highest BCUT2D eigenvalue weighted by molar-refractivity contribution is 6.35. The maximum atomic E-state index is 13.2. The number of imide groups is 1. The molecule has 1 spiro atoms. The summed E-state index contributed by atoms with van der Waals surface area (Å²) in [5.74, 6) is -3.91. The Morgan fingerprint density at radius 3 is 2.75 bits per heavy atom. The number of ether oxygens (including phenoxy) is 1. The van der Waals surface area contributed by atoms with Crippen molar-refractivity contribution in [1.29, 1.82) is 0 Å². The number of likely N-dealkylation sites (tertiary alicyclic amines) is 1. The number of carbonyl (C=O) groups is 4. The minimum absolute atomic E-state index is 0.0740. The van der Waals surface area contributed by atoms with Gasteiger partial charge in [0.25, 0.3) is 0 Å². The first kappa shape index (κ1) is 18.9. The standard InChI is InChI=1S/C18H19ClN4O5/c1-28-6-5-23-15(25)12-10(7-11(20)24)22-18(13(12)16(23)26)8-3-2-4-9(19)14(8)21-17(18)27/h2-4,10,12-13,22H,5-7H2,1H3,(H2,20,24)(H,21,27). The number of hydrogen-bond acceptors (Lipinski definition) is 6. The van der Waals surface area contributed by atoms with Gasteiger partial charge in [0, 0.05) is 25.1 Å². The Morgan fingerprint density at radius 1 is 1.32 bits per heavy atom. The first-order valence-electron chi connectivity index (χ1n) is 8.83. The fourth-order valence-electron chi connectivity index (χ4n) is 4.65. The Labute approximate surface area is 165 Å². The zero-order valence-electron chi connectivity index (χ0n) is 15.0. The second-order valence-corrected chi connectivity index (χ2v) is 7.58. The molecule has 4 atom stereocenters. The van der Waals surface area contributed by atoms with Crippen LogP contribution in [0.4, 0.5) is 5.69 Å². The summed E-state index contributed by atoms with van der Waals surface area (Å²) in [7, 11) is 1.47. The molecule has 0 radical (unpaired) electrons. The molecule has 28 heavy (non-hydrogen) atoms. The Morgan fingerprint density at radius 2 is 2.07 bits per heavy atom. The Bertz CT molecular complexity index is 906. The van der Waals surface area contributed by atoms with Crippen molar-refractivity contribution in [1.82, 2.24) is 10.2 Å². The van der Waals surface area contributed by atoms with Crippen LogP contribution < -0.4 is 16.4 Å². The second-order valence-electron chi connectivity index (χ2n) is 7.17. The van der Waals surface area contributed by atoms with E-state index < -0.39 is 47.0 Å². The number of nitrogens with zero attached hydrogens (tertiary/aromatic N) is 1.